The molecule has 19 nitrogen and oxygen atoms in total. The van der Waals surface area contributed by atoms with Gasteiger partial charge >= 0.3 is 13.5 Å². The van der Waals surface area contributed by atoms with Crippen molar-refractivity contribution in [2.45, 2.75) is 140 Å². The predicted octanol–water partition coefficient (Wildman–Crippen LogP) is 6.87. The molecule has 10 atom stereocenters. The van der Waals surface area contributed by atoms with Gasteiger partial charge in [0.05, 0.1) is 39.6 Å². The number of nitrogens with zero attached hydrogens (tertiary/aromatic N) is 7. The van der Waals surface area contributed by atoms with Crippen molar-refractivity contribution in [1.29, 1.82) is 0 Å². The molecule has 0 spiro atoms. The predicted molar refractivity (Wildman–Crippen MR) is 243 cm³/mol. The highest BCUT2D eigenvalue weighted by molar-refractivity contribution is 8.44. The minimum absolute atomic E-state index is 0.0445. The highest BCUT2D eigenvalue weighted by Gasteiger charge is 2.56. The first-order chi connectivity index (χ1) is 28.9. The Morgan fingerprint density at radius 1 is 0.903 bits per heavy atom. The van der Waals surface area contributed by atoms with Crippen molar-refractivity contribution < 1.29 is 50.9 Å². The van der Waals surface area contributed by atoms with E-state index in [1.807, 2.05) is 10.8 Å². The van der Waals surface area contributed by atoms with Gasteiger partial charge in [0.1, 0.15) is 60.4 Å². The second-order valence-electron chi connectivity index (χ2n) is 19.5. The molecule has 3 saturated heterocycles. The minimum atomic E-state index is -4.29. The molecule has 3 N–H and O–H groups in total. The Balaban J connectivity index is 1.19. The molecule has 0 aliphatic carbocycles. The smallest absolute Gasteiger partial charge is 0.386 e. The number of imidazole rings is 1. The molecular weight excluding hydrogens is 915 g/mol. The number of aryl methyl sites for hydroxylation is 1. The van der Waals surface area contributed by atoms with E-state index >= 15 is 0 Å². The highest BCUT2D eigenvalue weighted by Crippen LogP contribution is 2.59. The van der Waals surface area contributed by atoms with Gasteiger partial charge in [-0.25, -0.2) is 29.5 Å². The van der Waals surface area contributed by atoms with E-state index in [4.69, 9.17) is 59.0 Å². The van der Waals surface area contributed by atoms with Crippen molar-refractivity contribution in [3.05, 3.63) is 30.7 Å². The molecule has 4 aromatic rings. The zero-order valence-corrected chi connectivity index (χ0v) is 42.2. The molecule has 342 valence electrons. The molecule has 4 aromatic heterocycles. The molecular formula is C37H58N8O11P2S2Si2. The molecule has 2 bridgehead atoms. The number of hydrogen-bond donors (Lipinski definition) is 3. The summed E-state index contributed by atoms with van der Waals surface area (Å²) in [6.45, 7) is 12.9. The molecule has 3 fully saturated rings. The van der Waals surface area contributed by atoms with Crippen LogP contribution in [0, 0.1) is 0 Å². The van der Waals surface area contributed by atoms with Crippen LogP contribution >= 0.6 is 25.8 Å². The van der Waals surface area contributed by atoms with Gasteiger partial charge in [0.2, 0.25) is 5.88 Å². The number of rotatable bonds is 7. The number of anilines is 1. The normalized spacial score (nSPS) is 32.8. The lowest BCUT2D eigenvalue weighted by atomic mass is 10.1. The Labute approximate surface area is 373 Å². The van der Waals surface area contributed by atoms with Crippen LogP contribution in [-0.4, -0.2) is 118 Å². The summed E-state index contributed by atoms with van der Waals surface area (Å²) in [6.07, 6.45) is 0.131. The van der Waals surface area contributed by atoms with E-state index in [1.54, 1.807) is 4.57 Å². The molecule has 2 unspecified atom stereocenters. The maximum Gasteiger partial charge on any atom is 0.386 e. The largest absolute Gasteiger partial charge is 0.477 e. The summed E-state index contributed by atoms with van der Waals surface area (Å²) >= 11 is 10.3. The van der Waals surface area contributed by atoms with E-state index in [0.29, 0.717) is 35.5 Å². The van der Waals surface area contributed by atoms with Crippen LogP contribution in [0.25, 0.3) is 22.2 Å². The van der Waals surface area contributed by atoms with Crippen molar-refractivity contribution in [3.63, 3.8) is 0 Å². The second-order valence-corrected chi connectivity index (χ2v) is 35.5. The topological polar surface area (TPSA) is 221 Å². The van der Waals surface area contributed by atoms with Gasteiger partial charge in [0.15, 0.2) is 32.2 Å². The Hall–Kier alpha value is -1.93. The van der Waals surface area contributed by atoms with Gasteiger partial charge < -0.3 is 43.1 Å². The first-order valence-corrected chi connectivity index (χ1v) is 32.1. The summed E-state index contributed by atoms with van der Waals surface area (Å²) in [5.41, 5.74) is 8.39. The van der Waals surface area contributed by atoms with Crippen molar-refractivity contribution in [3.8, 4) is 5.88 Å². The van der Waals surface area contributed by atoms with E-state index in [-0.39, 0.29) is 29.1 Å². The Morgan fingerprint density at radius 3 is 2.32 bits per heavy atom. The molecule has 0 saturated carbocycles. The SMILES string of the molecule is CC(C)(C)[Si](C)(C)CO[C@H]1[C@H]2OP(O)(=S)OC[C@H]3O[C@@H](n4cc5c6c(ncnc64)OCCC5)[C@H](O[Si](C)(C)C(C)(C)C)[C@@H]3OP(=O)(S)OC[C@H]1O[C@H]2n1cnc2c(N)ncnc21. The zero-order valence-electron chi connectivity index (χ0n) is 36.7. The lowest BCUT2D eigenvalue weighted by molar-refractivity contribution is -0.0597. The second kappa shape index (κ2) is 16.7. The standard InChI is InChI=1S/C37H58N8O11P2S2Si2/c1-36(2,3)61(7,8)20-49-26-22-15-50-57(46,59)54-27-23(16-51-58(47,60)55-28(26)34(52-22)45-19-43-25-30(38)39-17-41-32(25)45)53-35(29(27)56-62(9,10)37(4,5)6)44-14-21-12-11-13-48-33-24(21)31(44)40-18-42-33/h14,17-19,22-23,26-29,34-35H,11-13,15-16,20H2,1-10H3,(H,46,59)(H,47,60)(H2,38,39,41)/t22-,23-,26-,27-,28-,29-,34-,35-,57?,58?/m1/s1. The molecule has 0 radical (unpaired) electrons. The molecule has 4 aliphatic rings. The van der Waals surface area contributed by atoms with Crippen molar-refractivity contribution in [2.75, 3.05) is 31.8 Å². The molecule has 0 amide bonds. The van der Waals surface area contributed by atoms with E-state index < -0.39 is 79.0 Å². The zero-order chi connectivity index (χ0) is 44.8. The number of ether oxygens (including phenoxy) is 4. The van der Waals surface area contributed by atoms with Crippen LogP contribution in [0.3, 0.4) is 0 Å². The van der Waals surface area contributed by atoms with E-state index in [2.05, 4.69) is 105 Å². The highest BCUT2D eigenvalue weighted by atomic mass is 32.7. The van der Waals surface area contributed by atoms with Crippen molar-refractivity contribution in [2.24, 2.45) is 0 Å². The van der Waals surface area contributed by atoms with Gasteiger partial charge in [-0.05, 0) is 53.4 Å². The van der Waals surface area contributed by atoms with Crippen molar-refractivity contribution in [1.82, 2.24) is 34.1 Å². The molecule has 25 heteroatoms. The maximum absolute atomic E-state index is 14.7. The van der Waals surface area contributed by atoms with Gasteiger partial charge in [-0.2, -0.15) is 0 Å². The lowest BCUT2D eigenvalue weighted by Gasteiger charge is -2.41. The molecule has 8 heterocycles. The third-order valence-electron chi connectivity index (χ3n) is 13.2. The molecule has 4 aliphatic heterocycles. The van der Waals surface area contributed by atoms with E-state index in [1.165, 1.54) is 19.0 Å². The fourth-order valence-electron chi connectivity index (χ4n) is 7.55. The van der Waals surface area contributed by atoms with Gasteiger partial charge in [0.25, 0.3) is 0 Å². The van der Waals surface area contributed by atoms with E-state index in [0.717, 1.165) is 23.8 Å². The average Bonchev–Trinajstić information content (AvgIpc) is 3.89. The van der Waals surface area contributed by atoms with E-state index in [9.17, 15) is 9.46 Å². The monoisotopic (exact) mass is 972 g/mol. The van der Waals surface area contributed by atoms with Crippen LogP contribution in [0.2, 0.25) is 36.3 Å². The maximum atomic E-state index is 14.7. The lowest BCUT2D eigenvalue weighted by Crippen LogP contribution is -2.49. The quantitative estimate of drug-likeness (QED) is 0.0977. The Kier molecular flexibility index (Phi) is 12.6. The van der Waals surface area contributed by atoms with Gasteiger partial charge in [0, 0.05) is 12.4 Å². The van der Waals surface area contributed by atoms with Crippen LogP contribution in [0.5, 0.6) is 5.88 Å². The summed E-state index contributed by atoms with van der Waals surface area (Å²) < 4.78 is 77.0. The van der Waals surface area contributed by atoms with Crippen LogP contribution in [0.4, 0.5) is 5.82 Å². The Bertz CT molecular complexity index is 2420. The molecule has 0 aromatic carbocycles. The number of nitrogen functional groups attached to an aromatic ring is 1. The summed E-state index contributed by atoms with van der Waals surface area (Å²) in [5.74, 6) is 0.644. The third-order valence-corrected chi connectivity index (χ3v) is 25.8. The number of thiol groups is 1. The van der Waals surface area contributed by atoms with Crippen molar-refractivity contribution >= 4 is 82.0 Å². The van der Waals surface area contributed by atoms with Crippen LogP contribution in [0.15, 0.2) is 25.2 Å². The van der Waals surface area contributed by atoms with Crippen LogP contribution in [-0.2, 0) is 59.5 Å². The first kappa shape index (κ1) is 46.6. The summed E-state index contributed by atoms with van der Waals surface area (Å²) in [6, 6.07) is 0. The summed E-state index contributed by atoms with van der Waals surface area (Å²) in [7, 11) is -4.73. The first-order valence-electron chi connectivity index (χ1n) is 20.7. The average molecular weight is 973 g/mol. The van der Waals surface area contributed by atoms with Gasteiger partial charge in [-0.3, -0.25) is 18.1 Å². The minimum Gasteiger partial charge on any atom is -0.477 e. The number of aromatic nitrogens is 7. The molecule has 62 heavy (non-hydrogen) atoms. The fourth-order valence-corrected chi connectivity index (χ4v) is 12.8. The Morgan fingerprint density at radius 2 is 1.60 bits per heavy atom. The number of nitrogens with two attached hydrogens (primary N) is 1. The fraction of sp³-hybridized carbons (Fsp3) is 0.703. The van der Waals surface area contributed by atoms with Gasteiger partial charge in [-0.15, -0.1) is 0 Å². The van der Waals surface area contributed by atoms with Crippen LogP contribution in [0.1, 0.15) is 66.0 Å². The van der Waals surface area contributed by atoms with Gasteiger partial charge in [-0.1, -0.05) is 66.9 Å². The number of fused-ring (bicyclic) bond motifs is 4. The number of hydrogen-bond acceptors (Lipinski definition) is 17. The summed E-state index contributed by atoms with van der Waals surface area (Å²) in [5, 5.41) is 0.476. The molecule has 8 rings (SSSR count). The van der Waals surface area contributed by atoms with Crippen LogP contribution < -0.4 is 10.5 Å². The summed E-state index contributed by atoms with van der Waals surface area (Å²) in [4.78, 5) is 34.1. The third kappa shape index (κ3) is 8.99.